The van der Waals surface area contributed by atoms with Crippen LogP contribution >= 0.6 is 0 Å². The number of rotatable bonds is 2. The summed E-state index contributed by atoms with van der Waals surface area (Å²) in [5.74, 6) is 0. The standard InChI is InChI=1S/C15H14F3N/c1-10-8-12(15(16,17)18)9-11(2)14(10)19-13-6-4-3-5-7-13/h3-9,19H,1-2H3. The molecule has 0 aliphatic heterocycles. The fraction of sp³-hybridized carbons (Fsp3) is 0.200. The summed E-state index contributed by atoms with van der Waals surface area (Å²) in [7, 11) is 0. The first-order chi connectivity index (χ1) is 8.88. The van der Waals surface area contributed by atoms with Gasteiger partial charge in [-0.1, -0.05) is 18.2 Å². The molecule has 2 aromatic carbocycles. The summed E-state index contributed by atoms with van der Waals surface area (Å²) in [6, 6.07) is 11.7. The molecule has 0 radical (unpaired) electrons. The van der Waals surface area contributed by atoms with E-state index in [4.69, 9.17) is 0 Å². The normalized spacial score (nSPS) is 11.4. The van der Waals surface area contributed by atoms with E-state index >= 15 is 0 Å². The second kappa shape index (κ2) is 4.96. The van der Waals surface area contributed by atoms with E-state index in [1.54, 1.807) is 13.8 Å². The Hall–Kier alpha value is -1.97. The molecule has 0 atom stereocenters. The van der Waals surface area contributed by atoms with Gasteiger partial charge in [-0.05, 0) is 49.2 Å². The van der Waals surface area contributed by atoms with Gasteiger partial charge in [0.1, 0.15) is 0 Å². The molecule has 0 heterocycles. The lowest BCUT2D eigenvalue weighted by molar-refractivity contribution is -0.137. The number of anilines is 2. The first-order valence-corrected chi connectivity index (χ1v) is 5.88. The Morgan fingerprint density at radius 3 is 1.89 bits per heavy atom. The summed E-state index contributed by atoms with van der Waals surface area (Å²) < 4.78 is 38.1. The van der Waals surface area contributed by atoms with E-state index in [9.17, 15) is 13.2 Å². The zero-order chi connectivity index (χ0) is 14.0. The molecule has 2 aromatic rings. The molecule has 0 bridgehead atoms. The quantitative estimate of drug-likeness (QED) is 0.799. The van der Waals surface area contributed by atoms with Crippen LogP contribution in [0.5, 0.6) is 0 Å². The number of alkyl halides is 3. The van der Waals surface area contributed by atoms with E-state index in [1.807, 2.05) is 30.3 Å². The largest absolute Gasteiger partial charge is 0.416 e. The summed E-state index contributed by atoms with van der Waals surface area (Å²) >= 11 is 0. The summed E-state index contributed by atoms with van der Waals surface area (Å²) in [4.78, 5) is 0. The van der Waals surface area contributed by atoms with Crippen LogP contribution in [0.2, 0.25) is 0 Å². The molecule has 0 aromatic heterocycles. The van der Waals surface area contributed by atoms with Gasteiger partial charge >= 0.3 is 6.18 Å². The number of para-hydroxylation sites is 1. The molecule has 4 heteroatoms. The first-order valence-electron chi connectivity index (χ1n) is 5.88. The minimum Gasteiger partial charge on any atom is -0.355 e. The monoisotopic (exact) mass is 265 g/mol. The van der Waals surface area contributed by atoms with Crippen LogP contribution in [-0.4, -0.2) is 0 Å². The van der Waals surface area contributed by atoms with Gasteiger partial charge < -0.3 is 5.32 Å². The van der Waals surface area contributed by atoms with Crippen LogP contribution < -0.4 is 5.32 Å². The third-order valence-electron chi connectivity index (χ3n) is 2.90. The van der Waals surface area contributed by atoms with Crippen LogP contribution in [0.15, 0.2) is 42.5 Å². The van der Waals surface area contributed by atoms with Crippen molar-refractivity contribution in [3.8, 4) is 0 Å². The minimum absolute atomic E-state index is 0.580. The molecule has 100 valence electrons. The molecule has 1 nitrogen and oxygen atoms in total. The molecule has 0 unspecified atom stereocenters. The fourth-order valence-corrected chi connectivity index (χ4v) is 1.99. The Bertz CT molecular complexity index is 551. The number of hydrogen-bond donors (Lipinski definition) is 1. The Morgan fingerprint density at radius 1 is 0.895 bits per heavy atom. The van der Waals surface area contributed by atoms with Crippen LogP contribution in [0.25, 0.3) is 0 Å². The van der Waals surface area contributed by atoms with E-state index in [0.29, 0.717) is 11.1 Å². The average Bonchev–Trinajstić information content (AvgIpc) is 2.33. The van der Waals surface area contributed by atoms with Gasteiger partial charge in [-0.25, -0.2) is 0 Å². The SMILES string of the molecule is Cc1cc(C(F)(F)F)cc(C)c1Nc1ccccc1. The number of aryl methyl sites for hydroxylation is 2. The maximum Gasteiger partial charge on any atom is 0.416 e. The van der Waals surface area contributed by atoms with Gasteiger partial charge in [0.25, 0.3) is 0 Å². The van der Waals surface area contributed by atoms with Crippen molar-refractivity contribution in [2.45, 2.75) is 20.0 Å². The van der Waals surface area contributed by atoms with E-state index in [2.05, 4.69) is 5.32 Å². The molecule has 19 heavy (non-hydrogen) atoms. The average molecular weight is 265 g/mol. The predicted octanol–water partition coefficient (Wildman–Crippen LogP) is 5.07. The third-order valence-corrected chi connectivity index (χ3v) is 2.90. The zero-order valence-corrected chi connectivity index (χ0v) is 10.7. The van der Waals surface area contributed by atoms with Crippen molar-refractivity contribution in [1.82, 2.24) is 0 Å². The van der Waals surface area contributed by atoms with Gasteiger partial charge in [-0.3, -0.25) is 0 Å². The van der Waals surface area contributed by atoms with Gasteiger partial charge in [0.15, 0.2) is 0 Å². The molecule has 0 amide bonds. The van der Waals surface area contributed by atoms with Crippen molar-refractivity contribution in [1.29, 1.82) is 0 Å². The maximum atomic E-state index is 12.7. The Morgan fingerprint density at radius 2 is 1.42 bits per heavy atom. The second-order valence-electron chi connectivity index (χ2n) is 4.47. The lowest BCUT2D eigenvalue weighted by Crippen LogP contribution is -2.07. The molecule has 0 aliphatic carbocycles. The van der Waals surface area contributed by atoms with E-state index in [1.165, 1.54) is 0 Å². The van der Waals surface area contributed by atoms with Gasteiger partial charge in [0, 0.05) is 11.4 Å². The van der Waals surface area contributed by atoms with E-state index in [-0.39, 0.29) is 0 Å². The highest BCUT2D eigenvalue weighted by molar-refractivity contribution is 5.67. The zero-order valence-electron chi connectivity index (χ0n) is 10.7. The first kappa shape index (κ1) is 13.5. The van der Waals surface area contributed by atoms with Crippen LogP contribution in [0.3, 0.4) is 0 Å². The third kappa shape index (κ3) is 3.08. The van der Waals surface area contributed by atoms with E-state index < -0.39 is 11.7 Å². The van der Waals surface area contributed by atoms with Crippen molar-refractivity contribution in [2.75, 3.05) is 5.32 Å². The van der Waals surface area contributed by atoms with Crippen molar-refractivity contribution >= 4 is 11.4 Å². The topological polar surface area (TPSA) is 12.0 Å². The molecule has 0 saturated heterocycles. The lowest BCUT2D eigenvalue weighted by atomic mass is 10.0. The van der Waals surface area contributed by atoms with E-state index in [0.717, 1.165) is 23.5 Å². The van der Waals surface area contributed by atoms with Crippen LogP contribution in [0.4, 0.5) is 24.5 Å². The highest BCUT2D eigenvalue weighted by Crippen LogP contribution is 2.34. The molecule has 2 rings (SSSR count). The summed E-state index contributed by atoms with van der Waals surface area (Å²) in [5, 5.41) is 3.15. The number of benzene rings is 2. The summed E-state index contributed by atoms with van der Waals surface area (Å²) in [6.07, 6.45) is -4.30. The van der Waals surface area contributed by atoms with Crippen molar-refractivity contribution in [2.24, 2.45) is 0 Å². The smallest absolute Gasteiger partial charge is 0.355 e. The Balaban J connectivity index is 2.38. The molecule has 1 N–H and O–H groups in total. The number of halogens is 3. The maximum absolute atomic E-state index is 12.7. The van der Waals surface area contributed by atoms with Crippen LogP contribution in [0, 0.1) is 13.8 Å². The number of nitrogens with one attached hydrogen (secondary N) is 1. The highest BCUT2D eigenvalue weighted by atomic mass is 19.4. The number of hydrogen-bond acceptors (Lipinski definition) is 1. The van der Waals surface area contributed by atoms with Gasteiger partial charge in [0.05, 0.1) is 5.56 Å². The molecular weight excluding hydrogens is 251 g/mol. The highest BCUT2D eigenvalue weighted by Gasteiger charge is 2.31. The molecule has 0 spiro atoms. The molecular formula is C15H14F3N. The Labute approximate surface area is 110 Å². The molecule has 0 aliphatic rings. The van der Waals surface area contributed by atoms with Crippen molar-refractivity contribution < 1.29 is 13.2 Å². The van der Waals surface area contributed by atoms with Gasteiger partial charge in [-0.2, -0.15) is 13.2 Å². The summed E-state index contributed by atoms with van der Waals surface area (Å²) in [5.41, 5.74) is 2.13. The van der Waals surface area contributed by atoms with Crippen LogP contribution in [0.1, 0.15) is 16.7 Å². The summed E-state index contributed by atoms with van der Waals surface area (Å²) in [6.45, 7) is 3.35. The fourth-order valence-electron chi connectivity index (χ4n) is 1.99. The van der Waals surface area contributed by atoms with Gasteiger partial charge in [0.2, 0.25) is 0 Å². The lowest BCUT2D eigenvalue weighted by Gasteiger charge is -2.16. The molecule has 0 fully saturated rings. The minimum atomic E-state index is -4.30. The Kier molecular flexibility index (Phi) is 3.51. The van der Waals surface area contributed by atoms with Crippen molar-refractivity contribution in [3.05, 3.63) is 59.2 Å². The van der Waals surface area contributed by atoms with Crippen LogP contribution in [-0.2, 0) is 6.18 Å². The second-order valence-corrected chi connectivity index (χ2v) is 4.47. The van der Waals surface area contributed by atoms with Gasteiger partial charge in [-0.15, -0.1) is 0 Å². The van der Waals surface area contributed by atoms with Crippen molar-refractivity contribution in [3.63, 3.8) is 0 Å². The predicted molar refractivity (Wildman–Crippen MR) is 70.6 cm³/mol. The molecule has 0 saturated carbocycles.